The van der Waals surface area contributed by atoms with Crippen molar-refractivity contribution in [3.05, 3.63) is 47.2 Å². The fourth-order valence-electron chi connectivity index (χ4n) is 4.19. The Hall–Kier alpha value is -2.05. The summed E-state index contributed by atoms with van der Waals surface area (Å²) in [6.07, 6.45) is 8.12. The third-order valence-electron chi connectivity index (χ3n) is 5.94. The predicted molar refractivity (Wildman–Crippen MR) is 113 cm³/mol. The van der Waals surface area contributed by atoms with Crippen LogP contribution in [0.25, 0.3) is 0 Å². The lowest BCUT2D eigenvalue weighted by Crippen LogP contribution is -2.42. The molecule has 0 radical (unpaired) electrons. The molecule has 2 heterocycles. The smallest absolute Gasteiger partial charge is 0.244 e. The van der Waals surface area contributed by atoms with Gasteiger partial charge in [-0.25, -0.2) is 0 Å². The second-order valence-corrected chi connectivity index (χ2v) is 8.65. The van der Waals surface area contributed by atoms with E-state index in [1.165, 1.54) is 12.8 Å². The summed E-state index contributed by atoms with van der Waals surface area (Å²) in [4.78, 5) is 16.5. The molecule has 1 amide bonds. The number of aromatic nitrogens is 2. The van der Waals surface area contributed by atoms with Crippen molar-refractivity contribution < 1.29 is 9.53 Å². The second-order valence-electron chi connectivity index (χ2n) is 8.27. The zero-order chi connectivity index (χ0) is 20.2. The average molecular weight is 417 g/mol. The van der Waals surface area contributed by atoms with Crippen LogP contribution >= 0.6 is 11.6 Å². The number of likely N-dealkylation sites (tertiary alicyclic amines) is 1. The number of amides is 1. The van der Waals surface area contributed by atoms with Crippen molar-refractivity contribution in [1.29, 1.82) is 0 Å². The van der Waals surface area contributed by atoms with Crippen LogP contribution in [0.3, 0.4) is 0 Å². The van der Waals surface area contributed by atoms with Crippen molar-refractivity contribution in [1.82, 2.24) is 19.6 Å². The Balaban J connectivity index is 1.23. The van der Waals surface area contributed by atoms with Gasteiger partial charge in [-0.05, 0) is 62.4 Å². The maximum absolute atomic E-state index is 12.3. The van der Waals surface area contributed by atoms with Gasteiger partial charge in [0.2, 0.25) is 5.91 Å². The van der Waals surface area contributed by atoms with Crippen LogP contribution in [-0.4, -0.2) is 58.3 Å². The van der Waals surface area contributed by atoms with Gasteiger partial charge in [-0.3, -0.25) is 14.4 Å². The molecule has 0 bridgehead atoms. The third-order valence-corrected chi connectivity index (χ3v) is 6.37. The van der Waals surface area contributed by atoms with E-state index in [0.717, 1.165) is 55.4 Å². The molecule has 6 nitrogen and oxygen atoms in total. The van der Waals surface area contributed by atoms with E-state index in [1.54, 1.807) is 22.0 Å². The summed E-state index contributed by atoms with van der Waals surface area (Å²) in [5, 5.41) is 4.84. The standard InChI is InChI=1S/C22H29ClN4O2/c1-25(21(28)16-27-11-5-8-24-27)14-17-12-19(13-17)29-20-7-4-6-18(22(20)23)15-26-9-2-3-10-26/h4-8,11,17,19H,2-3,9-10,12-16H2,1H3. The molecule has 1 aliphatic carbocycles. The van der Waals surface area contributed by atoms with E-state index < -0.39 is 0 Å². The highest BCUT2D eigenvalue weighted by molar-refractivity contribution is 6.32. The Kier molecular flexibility index (Phi) is 6.40. The number of hydrogen-bond acceptors (Lipinski definition) is 4. The van der Waals surface area contributed by atoms with Crippen molar-refractivity contribution in [3.63, 3.8) is 0 Å². The predicted octanol–water partition coefficient (Wildman–Crippen LogP) is 3.45. The number of likely N-dealkylation sites (N-methyl/N-ethyl adjacent to an activating group) is 1. The quantitative estimate of drug-likeness (QED) is 0.661. The van der Waals surface area contributed by atoms with Gasteiger partial charge in [-0.1, -0.05) is 23.7 Å². The average Bonchev–Trinajstić information content (AvgIpc) is 3.37. The first-order valence-corrected chi connectivity index (χ1v) is 10.8. The van der Waals surface area contributed by atoms with Gasteiger partial charge in [0.15, 0.2) is 0 Å². The minimum Gasteiger partial charge on any atom is -0.489 e. The number of ether oxygens (including phenoxy) is 1. The lowest BCUT2D eigenvalue weighted by Gasteiger charge is -2.37. The summed E-state index contributed by atoms with van der Waals surface area (Å²) in [6, 6.07) is 7.91. The first-order chi connectivity index (χ1) is 14.1. The van der Waals surface area contributed by atoms with Crippen LogP contribution in [0.1, 0.15) is 31.2 Å². The number of carbonyl (C=O) groups is 1. The number of rotatable bonds is 8. The molecular weight excluding hydrogens is 388 g/mol. The highest BCUT2D eigenvalue weighted by atomic mass is 35.5. The summed E-state index contributed by atoms with van der Waals surface area (Å²) in [7, 11) is 1.86. The topological polar surface area (TPSA) is 50.6 Å². The second kappa shape index (κ2) is 9.18. The van der Waals surface area contributed by atoms with Gasteiger partial charge in [-0.2, -0.15) is 5.10 Å². The van der Waals surface area contributed by atoms with E-state index in [1.807, 2.05) is 25.2 Å². The van der Waals surface area contributed by atoms with Gasteiger partial charge in [0.05, 0.1) is 11.1 Å². The first kappa shape index (κ1) is 20.2. The van der Waals surface area contributed by atoms with Crippen molar-refractivity contribution in [2.75, 3.05) is 26.7 Å². The largest absolute Gasteiger partial charge is 0.489 e. The van der Waals surface area contributed by atoms with Crippen LogP contribution in [0.4, 0.5) is 0 Å². The first-order valence-electron chi connectivity index (χ1n) is 10.5. The Morgan fingerprint density at radius 2 is 2.07 bits per heavy atom. The fourth-order valence-corrected chi connectivity index (χ4v) is 4.42. The van der Waals surface area contributed by atoms with Crippen LogP contribution in [0.2, 0.25) is 5.02 Å². The van der Waals surface area contributed by atoms with Gasteiger partial charge in [0.1, 0.15) is 12.3 Å². The maximum Gasteiger partial charge on any atom is 0.244 e. The molecule has 2 aliphatic rings. The molecule has 1 aromatic heterocycles. The summed E-state index contributed by atoms with van der Waals surface area (Å²) in [5.41, 5.74) is 1.14. The molecule has 0 spiro atoms. The van der Waals surface area contributed by atoms with Crippen LogP contribution in [0, 0.1) is 5.92 Å². The Bertz CT molecular complexity index is 814. The highest BCUT2D eigenvalue weighted by Crippen LogP contribution is 2.36. The molecule has 2 fully saturated rings. The Labute approximate surface area is 177 Å². The van der Waals surface area contributed by atoms with Gasteiger partial charge < -0.3 is 9.64 Å². The van der Waals surface area contributed by atoms with E-state index in [-0.39, 0.29) is 18.6 Å². The number of benzene rings is 1. The molecular formula is C22H29ClN4O2. The maximum atomic E-state index is 12.3. The van der Waals surface area contributed by atoms with E-state index in [2.05, 4.69) is 16.1 Å². The molecule has 1 aromatic carbocycles. The number of hydrogen-bond donors (Lipinski definition) is 0. The van der Waals surface area contributed by atoms with E-state index in [9.17, 15) is 4.79 Å². The molecule has 0 atom stereocenters. The molecule has 0 unspecified atom stereocenters. The minimum absolute atomic E-state index is 0.0794. The third kappa shape index (κ3) is 5.11. The van der Waals surface area contributed by atoms with Crippen LogP contribution in [0.5, 0.6) is 5.75 Å². The lowest BCUT2D eigenvalue weighted by molar-refractivity contribution is -0.132. The number of halogens is 1. The van der Waals surface area contributed by atoms with Gasteiger partial charge >= 0.3 is 0 Å². The minimum atomic E-state index is 0.0794. The van der Waals surface area contributed by atoms with Gasteiger partial charge in [-0.15, -0.1) is 0 Å². The number of carbonyl (C=O) groups excluding carboxylic acids is 1. The molecule has 1 saturated carbocycles. The van der Waals surface area contributed by atoms with Gasteiger partial charge in [0.25, 0.3) is 0 Å². The zero-order valence-corrected chi connectivity index (χ0v) is 17.7. The van der Waals surface area contributed by atoms with Crippen molar-refractivity contribution in [2.45, 2.75) is 44.9 Å². The van der Waals surface area contributed by atoms with Crippen molar-refractivity contribution >= 4 is 17.5 Å². The summed E-state index contributed by atoms with van der Waals surface area (Å²) >= 11 is 6.63. The summed E-state index contributed by atoms with van der Waals surface area (Å²) in [5.74, 6) is 1.34. The highest BCUT2D eigenvalue weighted by Gasteiger charge is 2.33. The molecule has 1 aliphatic heterocycles. The lowest BCUT2D eigenvalue weighted by atomic mass is 9.82. The summed E-state index contributed by atoms with van der Waals surface area (Å²) in [6.45, 7) is 4.24. The van der Waals surface area contributed by atoms with Crippen molar-refractivity contribution in [2.24, 2.45) is 5.92 Å². The van der Waals surface area contributed by atoms with Crippen molar-refractivity contribution in [3.8, 4) is 5.75 Å². The molecule has 156 valence electrons. The summed E-state index contributed by atoms with van der Waals surface area (Å²) < 4.78 is 7.83. The zero-order valence-electron chi connectivity index (χ0n) is 17.0. The molecule has 2 aromatic rings. The van der Waals surface area contributed by atoms with Crippen LogP contribution in [0.15, 0.2) is 36.7 Å². The SMILES string of the molecule is CN(CC1CC(Oc2cccc(CN3CCCC3)c2Cl)C1)C(=O)Cn1cccn1. The van der Waals surface area contributed by atoms with E-state index in [4.69, 9.17) is 16.3 Å². The fraction of sp³-hybridized carbons (Fsp3) is 0.545. The van der Waals surface area contributed by atoms with E-state index in [0.29, 0.717) is 5.92 Å². The molecule has 29 heavy (non-hydrogen) atoms. The monoisotopic (exact) mass is 416 g/mol. The molecule has 7 heteroatoms. The Morgan fingerprint density at radius 1 is 1.28 bits per heavy atom. The van der Waals surface area contributed by atoms with Crippen LogP contribution < -0.4 is 4.74 Å². The molecule has 4 rings (SSSR count). The molecule has 1 saturated heterocycles. The van der Waals surface area contributed by atoms with Gasteiger partial charge in [0, 0.05) is 32.5 Å². The number of nitrogens with zero attached hydrogens (tertiary/aromatic N) is 4. The van der Waals surface area contributed by atoms with Crippen LogP contribution in [-0.2, 0) is 17.9 Å². The molecule has 0 N–H and O–H groups in total. The van der Waals surface area contributed by atoms with E-state index >= 15 is 0 Å². The normalized spacial score (nSPS) is 21.7. The Morgan fingerprint density at radius 3 is 2.79 bits per heavy atom.